The van der Waals surface area contributed by atoms with Gasteiger partial charge in [-0.1, -0.05) is 35.3 Å². The Balaban J connectivity index is 1.72. The summed E-state index contributed by atoms with van der Waals surface area (Å²) in [5.74, 6) is 0.705. The van der Waals surface area contributed by atoms with Gasteiger partial charge >= 0.3 is 0 Å². The highest BCUT2D eigenvalue weighted by molar-refractivity contribution is 6.35. The van der Waals surface area contributed by atoms with Crippen LogP contribution < -0.4 is 15.0 Å². The number of hydrogen-bond donors (Lipinski definition) is 1. The van der Waals surface area contributed by atoms with Crippen molar-refractivity contribution in [3.8, 4) is 11.5 Å². The molecule has 1 N–H and O–H groups in total. The number of hydrogen-bond acceptors (Lipinski definition) is 4. The molecule has 0 aliphatic carbocycles. The van der Waals surface area contributed by atoms with E-state index in [1.165, 1.54) is 6.07 Å². The van der Waals surface area contributed by atoms with Crippen LogP contribution >= 0.6 is 23.2 Å². The first-order valence-corrected chi connectivity index (χ1v) is 7.45. The van der Waals surface area contributed by atoms with Gasteiger partial charge in [0.15, 0.2) is 6.61 Å². The number of nitrogens with one attached hydrogen (secondary N) is 1. The Hall–Kier alpha value is -1.95. The number of benzene rings is 2. The van der Waals surface area contributed by atoms with Crippen LogP contribution in [0.4, 0.5) is 0 Å². The zero-order valence-corrected chi connectivity index (χ0v) is 13.9. The Morgan fingerprint density at radius 1 is 1.13 bits per heavy atom. The number of rotatable bonds is 7. The van der Waals surface area contributed by atoms with Gasteiger partial charge in [-0.2, -0.15) is 0 Å². The Kier molecular flexibility index (Phi) is 6.52. The lowest BCUT2D eigenvalue weighted by atomic mass is 10.2. The van der Waals surface area contributed by atoms with Gasteiger partial charge in [0.05, 0.1) is 18.7 Å². The van der Waals surface area contributed by atoms with E-state index in [4.69, 9.17) is 37.5 Å². The topological polar surface area (TPSA) is 56.8 Å². The molecule has 0 saturated carbocycles. The SMILES string of the molecule is COc1ccc(CONC(=O)COc2ccc(Cl)cc2Cl)cc1. The number of ether oxygens (including phenoxy) is 2. The second-order valence-corrected chi connectivity index (χ2v) is 5.37. The molecule has 0 aromatic heterocycles. The average Bonchev–Trinajstić information content (AvgIpc) is 2.54. The van der Waals surface area contributed by atoms with Crippen molar-refractivity contribution in [2.24, 2.45) is 0 Å². The van der Waals surface area contributed by atoms with Gasteiger partial charge < -0.3 is 9.47 Å². The molecule has 5 nitrogen and oxygen atoms in total. The van der Waals surface area contributed by atoms with E-state index in [1.54, 1.807) is 19.2 Å². The van der Waals surface area contributed by atoms with E-state index in [-0.39, 0.29) is 13.2 Å². The highest BCUT2D eigenvalue weighted by Crippen LogP contribution is 2.27. The zero-order chi connectivity index (χ0) is 16.7. The molecule has 2 aromatic rings. The molecular weight excluding hydrogens is 341 g/mol. The molecule has 0 fully saturated rings. The summed E-state index contributed by atoms with van der Waals surface area (Å²) in [4.78, 5) is 16.8. The van der Waals surface area contributed by atoms with E-state index in [1.807, 2.05) is 24.3 Å². The van der Waals surface area contributed by atoms with Crippen molar-refractivity contribution >= 4 is 29.1 Å². The van der Waals surface area contributed by atoms with Gasteiger partial charge in [0.2, 0.25) is 0 Å². The number of methoxy groups -OCH3 is 1. The van der Waals surface area contributed by atoms with E-state index in [0.29, 0.717) is 15.8 Å². The van der Waals surface area contributed by atoms with Gasteiger partial charge in [0.25, 0.3) is 5.91 Å². The fraction of sp³-hybridized carbons (Fsp3) is 0.188. The van der Waals surface area contributed by atoms with Crippen molar-refractivity contribution in [1.82, 2.24) is 5.48 Å². The van der Waals surface area contributed by atoms with Gasteiger partial charge in [0, 0.05) is 5.02 Å². The van der Waals surface area contributed by atoms with E-state index in [2.05, 4.69) is 5.48 Å². The van der Waals surface area contributed by atoms with Crippen molar-refractivity contribution in [3.63, 3.8) is 0 Å². The quantitative estimate of drug-likeness (QED) is 0.770. The summed E-state index contributed by atoms with van der Waals surface area (Å²) in [5, 5.41) is 0.832. The maximum Gasteiger partial charge on any atom is 0.281 e. The van der Waals surface area contributed by atoms with Crippen molar-refractivity contribution < 1.29 is 19.1 Å². The number of carbonyl (C=O) groups excluding carboxylic acids is 1. The van der Waals surface area contributed by atoms with Gasteiger partial charge in [0.1, 0.15) is 11.5 Å². The number of amides is 1. The van der Waals surface area contributed by atoms with Crippen LogP contribution in [-0.2, 0) is 16.2 Å². The second kappa shape index (κ2) is 8.62. The molecule has 7 heteroatoms. The maximum atomic E-state index is 11.6. The molecule has 0 unspecified atom stereocenters. The largest absolute Gasteiger partial charge is 0.497 e. The third-order valence-corrected chi connectivity index (χ3v) is 3.37. The second-order valence-electron chi connectivity index (χ2n) is 4.53. The maximum absolute atomic E-state index is 11.6. The van der Waals surface area contributed by atoms with Gasteiger partial charge in [-0.25, -0.2) is 5.48 Å². The predicted molar refractivity (Wildman–Crippen MR) is 87.9 cm³/mol. The zero-order valence-electron chi connectivity index (χ0n) is 12.3. The monoisotopic (exact) mass is 355 g/mol. The molecule has 0 atom stereocenters. The van der Waals surface area contributed by atoms with Crippen molar-refractivity contribution in [1.29, 1.82) is 0 Å². The molecule has 0 spiro atoms. The fourth-order valence-corrected chi connectivity index (χ4v) is 2.15. The standard InChI is InChI=1S/C16H15Cl2NO4/c1-21-13-5-2-11(3-6-13)9-23-19-16(20)10-22-15-7-4-12(17)8-14(15)18/h2-8H,9-10H2,1H3,(H,19,20). The average molecular weight is 356 g/mol. The Morgan fingerprint density at radius 3 is 2.52 bits per heavy atom. The normalized spacial score (nSPS) is 10.2. The van der Waals surface area contributed by atoms with E-state index < -0.39 is 5.91 Å². The molecule has 0 aliphatic rings. The molecule has 2 rings (SSSR count). The lowest BCUT2D eigenvalue weighted by molar-refractivity contribution is -0.136. The minimum Gasteiger partial charge on any atom is -0.497 e. The summed E-state index contributed by atoms with van der Waals surface area (Å²) >= 11 is 11.7. The van der Waals surface area contributed by atoms with Crippen molar-refractivity contribution in [2.45, 2.75) is 6.61 Å². The summed E-state index contributed by atoms with van der Waals surface area (Å²) in [6, 6.07) is 12.1. The molecular formula is C16H15Cl2NO4. The van der Waals surface area contributed by atoms with Crippen LogP contribution in [0, 0.1) is 0 Å². The summed E-state index contributed by atoms with van der Waals surface area (Å²) in [6.45, 7) is 0.0153. The molecule has 1 amide bonds. The summed E-state index contributed by atoms with van der Waals surface area (Å²) in [6.07, 6.45) is 0. The van der Waals surface area contributed by atoms with Crippen LogP contribution in [0.15, 0.2) is 42.5 Å². The van der Waals surface area contributed by atoms with Crippen LogP contribution in [-0.4, -0.2) is 19.6 Å². The Morgan fingerprint density at radius 2 is 1.87 bits per heavy atom. The highest BCUT2D eigenvalue weighted by atomic mass is 35.5. The lowest BCUT2D eigenvalue weighted by Gasteiger charge is -2.09. The van der Waals surface area contributed by atoms with Gasteiger partial charge in [-0.3, -0.25) is 9.63 Å². The third-order valence-electron chi connectivity index (χ3n) is 2.84. The first-order chi connectivity index (χ1) is 11.1. The van der Waals surface area contributed by atoms with E-state index >= 15 is 0 Å². The molecule has 0 aliphatic heterocycles. The van der Waals surface area contributed by atoms with Gasteiger partial charge in [-0.05, 0) is 35.9 Å². The molecule has 23 heavy (non-hydrogen) atoms. The van der Waals surface area contributed by atoms with Crippen LogP contribution in [0.5, 0.6) is 11.5 Å². The van der Waals surface area contributed by atoms with Crippen molar-refractivity contribution in [3.05, 3.63) is 58.1 Å². The Bertz CT molecular complexity index is 662. The first-order valence-electron chi connectivity index (χ1n) is 6.70. The first kappa shape index (κ1) is 17.4. The Labute approximate surface area is 144 Å². The number of hydroxylamine groups is 1. The highest BCUT2D eigenvalue weighted by Gasteiger charge is 2.06. The lowest BCUT2D eigenvalue weighted by Crippen LogP contribution is -2.29. The minimum absolute atomic E-state index is 0.218. The summed E-state index contributed by atoms with van der Waals surface area (Å²) in [5.41, 5.74) is 3.19. The predicted octanol–water partition coefficient (Wildman–Crippen LogP) is 3.63. The smallest absolute Gasteiger partial charge is 0.281 e. The van der Waals surface area contributed by atoms with Crippen LogP contribution in [0.3, 0.4) is 0 Å². The van der Waals surface area contributed by atoms with Crippen LogP contribution in [0.25, 0.3) is 0 Å². The molecule has 2 aromatic carbocycles. The number of halogens is 2. The number of carbonyl (C=O) groups is 1. The van der Waals surface area contributed by atoms with E-state index in [9.17, 15) is 4.79 Å². The molecule has 122 valence electrons. The minimum atomic E-state index is -0.426. The van der Waals surface area contributed by atoms with Crippen LogP contribution in [0.2, 0.25) is 10.0 Å². The van der Waals surface area contributed by atoms with Crippen molar-refractivity contribution in [2.75, 3.05) is 13.7 Å². The molecule has 0 radical (unpaired) electrons. The molecule has 0 saturated heterocycles. The summed E-state index contributed by atoms with van der Waals surface area (Å²) < 4.78 is 10.3. The van der Waals surface area contributed by atoms with Crippen LogP contribution in [0.1, 0.15) is 5.56 Å². The van der Waals surface area contributed by atoms with E-state index in [0.717, 1.165) is 11.3 Å². The molecule has 0 heterocycles. The summed E-state index contributed by atoms with van der Waals surface area (Å²) in [7, 11) is 1.60. The fourth-order valence-electron chi connectivity index (χ4n) is 1.69. The van der Waals surface area contributed by atoms with Gasteiger partial charge in [-0.15, -0.1) is 0 Å². The molecule has 0 bridgehead atoms. The third kappa shape index (κ3) is 5.63.